The van der Waals surface area contributed by atoms with Crippen LogP contribution in [0.15, 0.2) is 24.3 Å². The van der Waals surface area contributed by atoms with Crippen molar-refractivity contribution in [1.82, 2.24) is 15.4 Å². The number of carbonyl (C=O) groups excluding carboxylic acids is 1. The molecule has 2 aromatic heterocycles. The summed E-state index contributed by atoms with van der Waals surface area (Å²) in [5.41, 5.74) is 9.24. The first kappa shape index (κ1) is 15.9. The second kappa shape index (κ2) is 6.29. The number of halogens is 2. The van der Waals surface area contributed by atoms with Crippen LogP contribution in [-0.2, 0) is 4.84 Å². The number of amides is 1. The maximum absolute atomic E-state index is 11.9. The molecular formula is C14H10Cl2N4O2S. The summed E-state index contributed by atoms with van der Waals surface area (Å²) < 4.78 is 0. The minimum atomic E-state index is -0.373. The molecule has 0 saturated carbocycles. The Morgan fingerprint density at radius 1 is 1.30 bits per heavy atom. The molecule has 118 valence electrons. The fraction of sp³-hybridized carbons (Fsp3) is 0.0714. The van der Waals surface area contributed by atoms with E-state index in [0.717, 1.165) is 0 Å². The zero-order valence-corrected chi connectivity index (χ0v) is 14.1. The second-order valence-electron chi connectivity index (χ2n) is 4.52. The third-order valence-corrected chi connectivity index (χ3v) is 4.59. The lowest BCUT2D eigenvalue weighted by molar-refractivity contribution is 0.0542. The number of rotatable bonds is 3. The largest absolute Gasteiger partial charge is 0.368 e. The number of fused-ring (bicyclic) bond motifs is 1. The number of benzene rings is 1. The molecular weight excluding hydrogens is 359 g/mol. The van der Waals surface area contributed by atoms with Crippen LogP contribution in [0.1, 0.15) is 9.67 Å². The number of anilines is 1. The molecule has 0 fully saturated rings. The van der Waals surface area contributed by atoms with E-state index in [0.29, 0.717) is 36.4 Å². The molecule has 0 saturated heterocycles. The summed E-state index contributed by atoms with van der Waals surface area (Å²) in [4.78, 5) is 26.0. The molecule has 0 spiro atoms. The number of hydroxylamine groups is 1. The molecule has 0 aliphatic heterocycles. The fourth-order valence-corrected chi connectivity index (χ4v) is 3.50. The molecule has 0 unspecified atom stereocenters. The molecule has 3 rings (SSSR count). The first-order valence-corrected chi connectivity index (χ1v) is 7.92. The van der Waals surface area contributed by atoms with Crippen LogP contribution < -0.4 is 11.2 Å². The number of thiophene rings is 1. The summed E-state index contributed by atoms with van der Waals surface area (Å²) in [6, 6.07) is 6.75. The van der Waals surface area contributed by atoms with E-state index < -0.39 is 0 Å². The molecule has 2 heterocycles. The minimum absolute atomic E-state index is 0.0964. The number of nitrogens with zero attached hydrogens (tertiary/aromatic N) is 2. The van der Waals surface area contributed by atoms with E-state index in [-0.39, 0.29) is 11.9 Å². The van der Waals surface area contributed by atoms with Crippen molar-refractivity contribution in [3.63, 3.8) is 0 Å². The van der Waals surface area contributed by atoms with E-state index in [1.165, 1.54) is 18.4 Å². The van der Waals surface area contributed by atoms with Crippen LogP contribution in [-0.4, -0.2) is 23.0 Å². The van der Waals surface area contributed by atoms with Gasteiger partial charge in [-0.2, -0.15) is 0 Å². The number of hydrogen-bond donors (Lipinski definition) is 2. The van der Waals surface area contributed by atoms with Gasteiger partial charge < -0.3 is 5.73 Å². The summed E-state index contributed by atoms with van der Waals surface area (Å²) in [5, 5.41) is 1.63. The van der Waals surface area contributed by atoms with Crippen LogP contribution in [0.2, 0.25) is 10.0 Å². The van der Waals surface area contributed by atoms with E-state index in [1.54, 1.807) is 24.3 Å². The number of carbonyl (C=O) groups is 1. The van der Waals surface area contributed by atoms with Gasteiger partial charge in [0.05, 0.1) is 22.7 Å². The predicted molar refractivity (Wildman–Crippen MR) is 91.8 cm³/mol. The molecule has 9 heteroatoms. The molecule has 3 aromatic rings. The first-order chi connectivity index (χ1) is 11.0. The smallest absolute Gasteiger partial charge is 0.284 e. The zero-order chi connectivity index (χ0) is 16.6. The lowest BCUT2D eigenvalue weighted by Crippen LogP contribution is -2.20. The Hall–Kier alpha value is -1.93. The van der Waals surface area contributed by atoms with Crippen molar-refractivity contribution in [1.29, 1.82) is 0 Å². The molecule has 0 radical (unpaired) electrons. The van der Waals surface area contributed by atoms with E-state index in [9.17, 15) is 4.79 Å². The normalized spacial score (nSPS) is 10.9. The SMILES string of the molecule is CONC(=O)c1cc2c(-c3ccc(Cl)cc3Cl)nc(N)nc2s1. The van der Waals surface area contributed by atoms with Crippen molar-refractivity contribution in [2.75, 3.05) is 12.8 Å². The number of nitrogens with two attached hydrogens (primary N) is 1. The first-order valence-electron chi connectivity index (χ1n) is 6.35. The lowest BCUT2D eigenvalue weighted by atomic mass is 10.1. The number of nitrogens with one attached hydrogen (secondary N) is 1. The van der Waals surface area contributed by atoms with Gasteiger partial charge in [-0.25, -0.2) is 15.4 Å². The van der Waals surface area contributed by atoms with Crippen LogP contribution in [0.5, 0.6) is 0 Å². The van der Waals surface area contributed by atoms with Gasteiger partial charge in [-0.05, 0) is 24.3 Å². The molecule has 1 amide bonds. The van der Waals surface area contributed by atoms with E-state index >= 15 is 0 Å². The van der Waals surface area contributed by atoms with Crippen LogP contribution in [0.3, 0.4) is 0 Å². The Balaban J connectivity index is 2.22. The van der Waals surface area contributed by atoms with Gasteiger partial charge in [-0.3, -0.25) is 9.63 Å². The molecule has 0 atom stereocenters. The highest BCUT2D eigenvalue weighted by Gasteiger charge is 2.17. The summed E-state index contributed by atoms with van der Waals surface area (Å²) in [6.07, 6.45) is 0. The van der Waals surface area contributed by atoms with Gasteiger partial charge in [0, 0.05) is 16.0 Å². The van der Waals surface area contributed by atoms with E-state index in [2.05, 4.69) is 20.3 Å². The van der Waals surface area contributed by atoms with Crippen LogP contribution in [0.25, 0.3) is 21.5 Å². The van der Waals surface area contributed by atoms with E-state index in [1.807, 2.05) is 0 Å². The molecule has 23 heavy (non-hydrogen) atoms. The fourth-order valence-electron chi connectivity index (χ4n) is 2.08. The van der Waals surface area contributed by atoms with Crippen LogP contribution >= 0.6 is 34.5 Å². The topological polar surface area (TPSA) is 90.1 Å². The van der Waals surface area contributed by atoms with Gasteiger partial charge in [0.25, 0.3) is 5.91 Å². The lowest BCUT2D eigenvalue weighted by Gasteiger charge is -2.06. The van der Waals surface area contributed by atoms with Crippen molar-refractivity contribution in [2.45, 2.75) is 0 Å². The summed E-state index contributed by atoms with van der Waals surface area (Å²) in [6.45, 7) is 0. The maximum Gasteiger partial charge on any atom is 0.284 e. The summed E-state index contributed by atoms with van der Waals surface area (Å²) in [7, 11) is 1.36. The van der Waals surface area contributed by atoms with Gasteiger partial charge >= 0.3 is 0 Å². The molecule has 0 bridgehead atoms. The number of hydrogen-bond acceptors (Lipinski definition) is 6. The monoisotopic (exact) mass is 368 g/mol. The molecule has 6 nitrogen and oxygen atoms in total. The molecule has 3 N–H and O–H groups in total. The summed E-state index contributed by atoms with van der Waals surface area (Å²) in [5.74, 6) is -0.277. The minimum Gasteiger partial charge on any atom is -0.368 e. The van der Waals surface area contributed by atoms with Gasteiger partial charge in [0.2, 0.25) is 5.95 Å². The highest BCUT2D eigenvalue weighted by molar-refractivity contribution is 7.20. The van der Waals surface area contributed by atoms with E-state index in [4.69, 9.17) is 28.9 Å². The van der Waals surface area contributed by atoms with Crippen molar-refractivity contribution in [3.05, 3.63) is 39.2 Å². The molecule has 1 aromatic carbocycles. The highest BCUT2D eigenvalue weighted by atomic mass is 35.5. The number of nitrogen functional groups attached to an aromatic ring is 1. The van der Waals surface area contributed by atoms with Gasteiger partial charge in [0.1, 0.15) is 4.83 Å². The molecule has 0 aliphatic carbocycles. The van der Waals surface area contributed by atoms with Crippen molar-refractivity contribution in [3.8, 4) is 11.3 Å². The quantitative estimate of drug-likeness (QED) is 0.690. The Labute approximate surface area is 145 Å². The number of aromatic nitrogens is 2. The summed E-state index contributed by atoms with van der Waals surface area (Å²) >= 11 is 13.4. The van der Waals surface area contributed by atoms with Crippen LogP contribution in [0.4, 0.5) is 5.95 Å². The Morgan fingerprint density at radius 3 is 2.78 bits per heavy atom. The maximum atomic E-state index is 11.9. The van der Waals surface area contributed by atoms with Gasteiger partial charge in [-0.15, -0.1) is 11.3 Å². The third kappa shape index (κ3) is 3.09. The van der Waals surface area contributed by atoms with Crippen molar-refractivity contribution >= 4 is 56.6 Å². The van der Waals surface area contributed by atoms with Gasteiger partial charge in [0.15, 0.2) is 0 Å². The predicted octanol–water partition coefficient (Wildman–Crippen LogP) is 3.54. The van der Waals surface area contributed by atoms with Crippen molar-refractivity contribution < 1.29 is 9.63 Å². The Bertz CT molecular complexity index is 913. The molecule has 0 aliphatic rings. The second-order valence-corrected chi connectivity index (χ2v) is 6.39. The Morgan fingerprint density at radius 2 is 2.09 bits per heavy atom. The van der Waals surface area contributed by atoms with Crippen LogP contribution in [0, 0.1) is 0 Å². The average Bonchev–Trinajstić information content (AvgIpc) is 2.91. The zero-order valence-electron chi connectivity index (χ0n) is 11.8. The average molecular weight is 369 g/mol. The third-order valence-electron chi connectivity index (χ3n) is 3.01. The standard InChI is InChI=1S/C14H10Cl2N4O2S/c1-22-20-12(21)10-5-8-11(18-14(17)19-13(8)23-10)7-3-2-6(15)4-9(7)16/h2-5H,1H3,(H,20,21)(H2,17,18,19). The van der Waals surface area contributed by atoms with Gasteiger partial charge in [-0.1, -0.05) is 23.2 Å². The highest BCUT2D eigenvalue weighted by Crippen LogP contribution is 2.36. The Kier molecular flexibility index (Phi) is 4.36. The van der Waals surface area contributed by atoms with Crippen molar-refractivity contribution in [2.24, 2.45) is 0 Å².